The minimum Gasteiger partial charge on any atom is -0.469 e. The molecule has 3 aromatic rings. The number of hydrogen-bond acceptors (Lipinski definition) is 5. The van der Waals surface area contributed by atoms with Gasteiger partial charge in [-0.05, 0) is 36.6 Å². The van der Waals surface area contributed by atoms with Gasteiger partial charge in [0.1, 0.15) is 5.82 Å². The molecule has 0 spiro atoms. The molecule has 1 aromatic heterocycles. The lowest BCUT2D eigenvalue weighted by Crippen LogP contribution is -2.42. The Morgan fingerprint density at radius 2 is 1.88 bits per heavy atom. The number of rotatable bonds is 3. The van der Waals surface area contributed by atoms with Crippen LogP contribution in [-0.2, 0) is 15.7 Å². The van der Waals surface area contributed by atoms with Crippen LogP contribution in [0.15, 0.2) is 36.4 Å². The van der Waals surface area contributed by atoms with E-state index >= 15 is 0 Å². The van der Waals surface area contributed by atoms with Crippen LogP contribution < -0.4 is 4.90 Å². The van der Waals surface area contributed by atoms with Gasteiger partial charge in [0, 0.05) is 13.1 Å². The molecule has 6 nitrogen and oxygen atoms in total. The second-order valence-corrected chi connectivity index (χ2v) is 8.58. The fourth-order valence-electron chi connectivity index (χ4n) is 4.41. The van der Waals surface area contributed by atoms with Gasteiger partial charge in [0.2, 0.25) is 0 Å². The van der Waals surface area contributed by atoms with Crippen LogP contribution >= 0.6 is 11.6 Å². The van der Waals surface area contributed by atoms with Crippen LogP contribution in [0.3, 0.4) is 0 Å². The molecule has 2 heterocycles. The predicted octanol–water partition coefficient (Wildman–Crippen LogP) is 5.17. The van der Waals surface area contributed by atoms with Gasteiger partial charge in [0.25, 0.3) is 5.91 Å². The van der Waals surface area contributed by atoms with Crippen molar-refractivity contribution in [2.45, 2.75) is 19.5 Å². The van der Waals surface area contributed by atoms with Gasteiger partial charge in [0.05, 0.1) is 40.1 Å². The van der Waals surface area contributed by atoms with Crippen LogP contribution in [0.1, 0.15) is 29.3 Å². The largest absolute Gasteiger partial charge is 0.469 e. The molecular formula is C23H20ClF4N3O3. The van der Waals surface area contributed by atoms with Crippen LogP contribution in [0, 0.1) is 17.7 Å². The molecule has 2 atom stereocenters. The van der Waals surface area contributed by atoms with Gasteiger partial charge in [-0.25, -0.2) is 4.39 Å². The van der Waals surface area contributed by atoms with E-state index in [0.717, 1.165) is 16.8 Å². The first kappa shape index (κ1) is 24.0. The van der Waals surface area contributed by atoms with E-state index in [1.54, 1.807) is 4.90 Å². The third kappa shape index (κ3) is 4.11. The molecule has 4 rings (SSSR count). The maximum atomic E-state index is 14.9. The number of piperidine rings is 1. The van der Waals surface area contributed by atoms with Gasteiger partial charge >= 0.3 is 12.1 Å². The van der Waals surface area contributed by atoms with Crippen molar-refractivity contribution in [3.8, 4) is 0 Å². The highest BCUT2D eigenvalue weighted by molar-refractivity contribution is 6.34. The average Bonchev–Trinajstić information content (AvgIpc) is 3.18. The molecule has 0 bridgehead atoms. The fourth-order valence-corrected chi connectivity index (χ4v) is 4.66. The Morgan fingerprint density at radius 1 is 1.18 bits per heavy atom. The van der Waals surface area contributed by atoms with E-state index in [0.29, 0.717) is 19.5 Å². The van der Waals surface area contributed by atoms with Crippen molar-refractivity contribution >= 4 is 40.2 Å². The molecule has 1 aliphatic rings. The molecule has 34 heavy (non-hydrogen) atoms. The maximum Gasteiger partial charge on any atom is 0.417 e. The van der Waals surface area contributed by atoms with E-state index in [9.17, 15) is 27.2 Å². The molecular weight excluding hydrogens is 478 g/mol. The van der Waals surface area contributed by atoms with Crippen molar-refractivity contribution in [3.05, 3.63) is 58.4 Å². The van der Waals surface area contributed by atoms with E-state index < -0.39 is 34.1 Å². The lowest BCUT2D eigenvalue weighted by molar-refractivity contribution is -0.147. The highest BCUT2D eigenvalue weighted by atomic mass is 35.5. The molecule has 0 amide bonds. The molecule has 0 unspecified atom stereocenters. The van der Waals surface area contributed by atoms with E-state index in [1.807, 2.05) is 6.92 Å². The normalized spacial score (nSPS) is 18.9. The quantitative estimate of drug-likeness (QED) is 0.369. The van der Waals surface area contributed by atoms with Crippen molar-refractivity contribution in [2.75, 3.05) is 25.1 Å². The second-order valence-electron chi connectivity index (χ2n) is 8.18. The first-order valence-electron chi connectivity index (χ1n) is 10.4. The number of anilines is 1. The minimum atomic E-state index is -4.84. The first-order valence-corrected chi connectivity index (χ1v) is 10.8. The SMILES string of the molecule is COC(=O)[C@H]1CCN(c2nn(C(=O)c3c(Cl)cccc3C(F)(F)F)c3cccc(F)c23)C[C@H]1C. The molecule has 2 aromatic carbocycles. The number of carbonyl (C=O) groups is 2. The van der Waals surface area contributed by atoms with Crippen LogP contribution in [0.5, 0.6) is 0 Å². The summed E-state index contributed by atoms with van der Waals surface area (Å²) in [5, 5.41) is 3.86. The average molecular weight is 498 g/mol. The maximum absolute atomic E-state index is 14.9. The molecule has 0 radical (unpaired) electrons. The number of benzene rings is 2. The number of esters is 1. The number of hydrogen-bond donors (Lipinski definition) is 0. The monoisotopic (exact) mass is 497 g/mol. The number of alkyl halides is 3. The van der Waals surface area contributed by atoms with E-state index in [4.69, 9.17) is 16.3 Å². The van der Waals surface area contributed by atoms with Crippen molar-refractivity contribution in [1.82, 2.24) is 9.78 Å². The first-order chi connectivity index (χ1) is 16.0. The lowest BCUT2D eigenvalue weighted by atomic mass is 9.87. The van der Waals surface area contributed by atoms with Crippen molar-refractivity contribution < 1.29 is 31.9 Å². The third-order valence-electron chi connectivity index (χ3n) is 6.07. The van der Waals surface area contributed by atoms with Gasteiger partial charge in [-0.15, -0.1) is 5.10 Å². The Morgan fingerprint density at radius 3 is 2.53 bits per heavy atom. The topological polar surface area (TPSA) is 64.4 Å². The van der Waals surface area contributed by atoms with Gasteiger partial charge in [-0.2, -0.15) is 17.9 Å². The molecule has 11 heteroatoms. The third-order valence-corrected chi connectivity index (χ3v) is 6.39. The van der Waals surface area contributed by atoms with Crippen molar-refractivity contribution in [3.63, 3.8) is 0 Å². The Balaban J connectivity index is 1.82. The summed E-state index contributed by atoms with van der Waals surface area (Å²) in [6.07, 6.45) is -4.43. The number of nitrogens with zero attached hydrogens (tertiary/aromatic N) is 3. The zero-order valence-corrected chi connectivity index (χ0v) is 19.0. The van der Waals surface area contributed by atoms with E-state index in [-0.39, 0.29) is 34.5 Å². The molecule has 0 aliphatic carbocycles. The van der Waals surface area contributed by atoms with Gasteiger partial charge < -0.3 is 9.64 Å². The Labute approximate surface area is 197 Å². The molecule has 0 N–H and O–H groups in total. The Hall–Kier alpha value is -3.14. The number of carbonyl (C=O) groups excluding carboxylic acids is 2. The minimum absolute atomic E-state index is 0.000167. The van der Waals surface area contributed by atoms with Gasteiger partial charge in [0.15, 0.2) is 5.82 Å². The van der Waals surface area contributed by atoms with Crippen LogP contribution in [-0.4, -0.2) is 41.9 Å². The summed E-state index contributed by atoms with van der Waals surface area (Å²) >= 11 is 6.01. The molecule has 180 valence electrons. The highest BCUT2D eigenvalue weighted by Gasteiger charge is 2.38. The summed E-state index contributed by atoms with van der Waals surface area (Å²) < 4.78 is 61.3. The predicted molar refractivity (Wildman–Crippen MR) is 117 cm³/mol. The van der Waals surface area contributed by atoms with Crippen molar-refractivity contribution in [2.24, 2.45) is 11.8 Å². The Kier molecular flexibility index (Phi) is 6.28. The Bertz CT molecular complexity index is 1270. The second kappa shape index (κ2) is 8.90. The molecule has 0 saturated carbocycles. The zero-order valence-electron chi connectivity index (χ0n) is 18.2. The molecule has 1 aliphatic heterocycles. The van der Waals surface area contributed by atoms with E-state index in [1.165, 1.54) is 31.4 Å². The molecule has 1 saturated heterocycles. The molecule has 1 fully saturated rings. The number of ether oxygens (including phenoxy) is 1. The summed E-state index contributed by atoms with van der Waals surface area (Å²) in [5.74, 6) is -2.55. The number of methoxy groups -OCH3 is 1. The fraction of sp³-hybridized carbons (Fsp3) is 0.348. The number of halogens is 5. The number of aromatic nitrogens is 2. The summed E-state index contributed by atoms with van der Waals surface area (Å²) in [7, 11) is 1.31. The summed E-state index contributed by atoms with van der Waals surface area (Å²) in [6.45, 7) is 2.47. The van der Waals surface area contributed by atoms with Crippen LogP contribution in [0.2, 0.25) is 5.02 Å². The van der Waals surface area contributed by atoms with Gasteiger partial charge in [-0.3, -0.25) is 9.59 Å². The van der Waals surface area contributed by atoms with Crippen molar-refractivity contribution in [1.29, 1.82) is 0 Å². The zero-order chi connectivity index (χ0) is 24.8. The van der Waals surface area contributed by atoms with Gasteiger partial charge in [-0.1, -0.05) is 30.7 Å². The van der Waals surface area contributed by atoms with E-state index in [2.05, 4.69) is 5.10 Å². The lowest BCUT2D eigenvalue weighted by Gasteiger charge is -2.35. The summed E-state index contributed by atoms with van der Waals surface area (Å²) in [4.78, 5) is 27.0. The standard InChI is InChI=1S/C23H20ClF4N3O3/c1-12-11-30(10-9-13(12)22(33)34-2)20-19-16(25)7-4-8-17(19)31(29-20)21(32)18-14(23(26,27)28)5-3-6-15(18)24/h3-8,12-13H,9-11H2,1-2H3/t12-,13+/m1/s1. The summed E-state index contributed by atoms with van der Waals surface area (Å²) in [5.41, 5.74) is -1.97. The number of fused-ring (bicyclic) bond motifs is 1. The summed E-state index contributed by atoms with van der Waals surface area (Å²) in [6, 6.07) is 6.96. The van der Waals surface area contributed by atoms with Crippen LogP contribution in [0.25, 0.3) is 10.9 Å². The van der Waals surface area contributed by atoms with Crippen LogP contribution in [0.4, 0.5) is 23.4 Å². The highest BCUT2D eigenvalue weighted by Crippen LogP contribution is 2.38. The smallest absolute Gasteiger partial charge is 0.417 e.